The van der Waals surface area contributed by atoms with Crippen LogP contribution >= 0.6 is 22.9 Å². The summed E-state index contributed by atoms with van der Waals surface area (Å²) in [5.41, 5.74) is 1.02. The quantitative estimate of drug-likeness (QED) is 0.678. The number of halogens is 1. The van der Waals surface area contributed by atoms with Gasteiger partial charge in [-0.15, -0.1) is 11.3 Å². The molecule has 2 N–H and O–H groups in total. The summed E-state index contributed by atoms with van der Waals surface area (Å²) in [6, 6.07) is 2.86. The molecule has 0 atom stereocenters. The number of esters is 1. The minimum atomic E-state index is -0.486. The Kier molecular flexibility index (Phi) is 7.14. The van der Waals surface area contributed by atoms with Gasteiger partial charge >= 0.3 is 5.97 Å². The Morgan fingerprint density at radius 3 is 2.63 bits per heavy atom. The topological polar surface area (TPSA) is 107 Å². The van der Waals surface area contributed by atoms with E-state index < -0.39 is 5.91 Å². The maximum atomic E-state index is 12.6. The first-order valence-corrected chi connectivity index (χ1v) is 9.16. The van der Waals surface area contributed by atoms with Gasteiger partial charge in [-0.3, -0.25) is 19.7 Å². The van der Waals surface area contributed by atoms with Gasteiger partial charge in [0, 0.05) is 18.4 Å². The molecule has 2 amide bonds. The predicted octanol–water partition coefficient (Wildman–Crippen LogP) is 3.12. The Hall–Kier alpha value is -2.65. The molecule has 2 aromatic rings. The minimum absolute atomic E-state index is 0.0285. The maximum Gasteiger partial charge on any atom is 0.311 e. The third kappa shape index (κ3) is 5.66. The molecule has 1 aromatic heterocycles. The van der Waals surface area contributed by atoms with Crippen LogP contribution < -0.4 is 15.4 Å². The molecule has 0 unspecified atom stereocenters. The highest BCUT2D eigenvalue weighted by molar-refractivity contribution is 7.14. The molecule has 0 bridgehead atoms. The van der Waals surface area contributed by atoms with Crippen molar-refractivity contribution in [3.8, 4) is 5.75 Å². The summed E-state index contributed by atoms with van der Waals surface area (Å²) in [5.74, 6) is -0.931. The number of ether oxygens (including phenoxy) is 2. The summed E-state index contributed by atoms with van der Waals surface area (Å²) in [5, 5.41) is 7.37. The lowest BCUT2D eigenvalue weighted by Gasteiger charge is -2.12. The van der Waals surface area contributed by atoms with E-state index in [1.807, 2.05) is 0 Å². The van der Waals surface area contributed by atoms with Crippen molar-refractivity contribution >= 4 is 51.5 Å². The van der Waals surface area contributed by atoms with Crippen LogP contribution in [0.2, 0.25) is 5.02 Å². The molecule has 0 radical (unpaired) electrons. The van der Waals surface area contributed by atoms with E-state index in [-0.39, 0.29) is 34.6 Å². The lowest BCUT2D eigenvalue weighted by atomic mass is 10.1. The molecule has 0 saturated heterocycles. The van der Waals surface area contributed by atoms with E-state index in [0.717, 1.165) is 0 Å². The summed E-state index contributed by atoms with van der Waals surface area (Å²) in [4.78, 5) is 39.4. The number of carbonyl (C=O) groups excluding carboxylic acids is 3. The van der Waals surface area contributed by atoms with Crippen molar-refractivity contribution in [3.63, 3.8) is 0 Å². The average Bonchev–Trinajstić information content (AvgIpc) is 3.02. The molecule has 1 heterocycles. The Morgan fingerprint density at radius 2 is 2.00 bits per heavy atom. The largest absolute Gasteiger partial charge is 0.496 e. The highest BCUT2D eigenvalue weighted by atomic mass is 35.5. The summed E-state index contributed by atoms with van der Waals surface area (Å²) < 4.78 is 10.1. The van der Waals surface area contributed by atoms with Crippen LogP contribution in [0.3, 0.4) is 0 Å². The fraction of sp³-hybridized carbons (Fsp3) is 0.294. The molecule has 2 rings (SSSR count). The number of nitrogens with zero attached hydrogens (tertiary/aromatic N) is 1. The van der Waals surface area contributed by atoms with Crippen LogP contribution in [0, 0.1) is 0 Å². The van der Waals surface area contributed by atoms with Gasteiger partial charge in [-0.1, -0.05) is 11.6 Å². The van der Waals surface area contributed by atoms with E-state index in [0.29, 0.717) is 23.1 Å². The minimum Gasteiger partial charge on any atom is -0.496 e. The Morgan fingerprint density at radius 1 is 1.26 bits per heavy atom. The number of amides is 2. The lowest BCUT2D eigenvalue weighted by molar-refractivity contribution is -0.142. The second-order valence-electron chi connectivity index (χ2n) is 5.29. The maximum absolute atomic E-state index is 12.6. The van der Waals surface area contributed by atoms with Crippen molar-refractivity contribution in [1.82, 2.24) is 4.98 Å². The summed E-state index contributed by atoms with van der Waals surface area (Å²) in [6.07, 6.45) is 0.0285. The number of hydrogen-bond acceptors (Lipinski definition) is 7. The van der Waals surface area contributed by atoms with Crippen LogP contribution in [0.15, 0.2) is 17.5 Å². The second-order valence-corrected chi connectivity index (χ2v) is 6.56. The zero-order valence-electron chi connectivity index (χ0n) is 14.9. The highest BCUT2D eigenvalue weighted by Crippen LogP contribution is 2.31. The zero-order valence-corrected chi connectivity index (χ0v) is 16.5. The van der Waals surface area contributed by atoms with Gasteiger partial charge in [0.1, 0.15) is 5.75 Å². The van der Waals surface area contributed by atoms with Crippen LogP contribution in [-0.2, 0) is 20.7 Å². The molecular formula is C17H18ClN3O5S. The van der Waals surface area contributed by atoms with Gasteiger partial charge in [0.2, 0.25) is 5.91 Å². The molecule has 0 saturated carbocycles. The number of aromatic nitrogens is 1. The third-order valence-electron chi connectivity index (χ3n) is 3.25. The van der Waals surface area contributed by atoms with Gasteiger partial charge in [0.25, 0.3) is 5.91 Å². The Bertz CT molecular complexity index is 868. The van der Waals surface area contributed by atoms with E-state index in [1.165, 1.54) is 37.5 Å². The molecule has 10 heteroatoms. The number of hydrogen-bond donors (Lipinski definition) is 2. The molecule has 0 fully saturated rings. The van der Waals surface area contributed by atoms with Gasteiger partial charge in [-0.2, -0.15) is 0 Å². The lowest BCUT2D eigenvalue weighted by Crippen LogP contribution is -2.14. The third-order valence-corrected chi connectivity index (χ3v) is 4.37. The van der Waals surface area contributed by atoms with Crippen LogP contribution in [0.25, 0.3) is 0 Å². The number of benzene rings is 1. The summed E-state index contributed by atoms with van der Waals surface area (Å²) in [6.45, 7) is 3.36. The molecule has 8 nitrogen and oxygen atoms in total. The number of carbonyl (C=O) groups is 3. The number of methoxy groups -OCH3 is 1. The fourth-order valence-corrected chi connectivity index (χ4v) is 3.07. The molecule has 0 aliphatic carbocycles. The normalized spacial score (nSPS) is 10.2. The average molecular weight is 412 g/mol. The first-order valence-electron chi connectivity index (χ1n) is 7.90. The molecule has 0 aliphatic heterocycles. The highest BCUT2D eigenvalue weighted by Gasteiger charge is 2.18. The number of anilines is 2. The summed E-state index contributed by atoms with van der Waals surface area (Å²) >= 11 is 7.31. The SMILES string of the molecule is CCOC(=O)Cc1csc(NC(=O)c2cc(Cl)c(NC(C)=O)cc2OC)n1. The number of nitrogens with one attached hydrogen (secondary N) is 2. The smallest absolute Gasteiger partial charge is 0.311 e. The fourth-order valence-electron chi connectivity index (χ4n) is 2.16. The van der Waals surface area contributed by atoms with Crippen molar-refractivity contribution in [2.75, 3.05) is 24.4 Å². The van der Waals surface area contributed by atoms with Gasteiger partial charge in [-0.25, -0.2) is 4.98 Å². The van der Waals surface area contributed by atoms with Crippen molar-refractivity contribution in [2.24, 2.45) is 0 Å². The van der Waals surface area contributed by atoms with Gasteiger partial charge < -0.3 is 14.8 Å². The monoisotopic (exact) mass is 411 g/mol. The van der Waals surface area contributed by atoms with E-state index in [4.69, 9.17) is 21.1 Å². The molecule has 0 spiro atoms. The van der Waals surface area contributed by atoms with Crippen LogP contribution in [0.4, 0.5) is 10.8 Å². The van der Waals surface area contributed by atoms with Crippen molar-refractivity contribution in [3.05, 3.63) is 33.8 Å². The van der Waals surface area contributed by atoms with Crippen molar-refractivity contribution in [2.45, 2.75) is 20.3 Å². The number of rotatable bonds is 7. The number of thiazole rings is 1. The van der Waals surface area contributed by atoms with Crippen LogP contribution in [-0.4, -0.2) is 36.5 Å². The molecule has 144 valence electrons. The Balaban J connectivity index is 2.16. The van der Waals surface area contributed by atoms with Crippen molar-refractivity contribution in [1.29, 1.82) is 0 Å². The van der Waals surface area contributed by atoms with Gasteiger partial charge in [0.05, 0.1) is 42.1 Å². The molecular weight excluding hydrogens is 394 g/mol. The van der Waals surface area contributed by atoms with Crippen LogP contribution in [0.1, 0.15) is 29.9 Å². The second kappa shape index (κ2) is 9.33. The molecule has 0 aliphatic rings. The molecule has 27 heavy (non-hydrogen) atoms. The Labute approximate surface area is 164 Å². The first kappa shape index (κ1) is 20.7. The van der Waals surface area contributed by atoms with E-state index in [1.54, 1.807) is 12.3 Å². The van der Waals surface area contributed by atoms with E-state index >= 15 is 0 Å². The van der Waals surface area contributed by atoms with Crippen molar-refractivity contribution < 1.29 is 23.9 Å². The van der Waals surface area contributed by atoms with E-state index in [2.05, 4.69) is 15.6 Å². The first-order chi connectivity index (χ1) is 12.8. The summed E-state index contributed by atoms with van der Waals surface area (Å²) in [7, 11) is 1.40. The standard InChI is InChI=1S/C17H18ClN3O5S/c1-4-26-15(23)5-10-8-27-17(20-10)21-16(24)11-6-12(18)13(19-9(2)22)7-14(11)25-3/h6-8H,4-5H2,1-3H3,(H,19,22)(H,20,21,24). The predicted molar refractivity (Wildman–Crippen MR) is 103 cm³/mol. The van der Waals surface area contributed by atoms with E-state index in [9.17, 15) is 14.4 Å². The van der Waals surface area contributed by atoms with Gasteiger partial charge in [0.15, 0.2) is 5.13 Å². The van der Waals surface area contributed by atoms with Gasteiger partial charge in [-0.05, 0) is 13.0 Å². The zero-order chi connectivity index (χ0) is 20.0. The van der Waals surface area contributed by atoms with Crippen LogP contribution in [0.5, 0.6) is 5.75 Å². The molecule has 1 aromatic carbocycles.